The molecule has 1 amide bonds. The van der Waals surface area contributed by atoms with E-state index in [9.17, 15) is 9.59 Å². The van der Waals surface area contributed by atoms with Crippen LogP contribution in [0.5, 0.6) is 0 Å². The fourth-order valence-electron chi connectivity index (χ4n) is 2.53. The summed E-state index contributed by atoms with van der Waals surface area (Å²) in [4.78, 5) is 26.4. The molecule has 0 bridgehead atoms. The second-order valence-corrected chi connectivity index (χ2v) is 5.22. The van der Waals surface area contributed by atoms with Crippen LogP contribution in [0.15, 0.2) is 18.2 Å². The normalized spacial score (nSPS) is 18.4. The van der Waals surface area contributed by atoms with E-state index in [1.807, 2.05) is 32.0 Å². The Bertz CT molecular complexity index is 542. The first kappa shape index (κ1) is 15.5. The number of aryl methyl sites for hydroxylation is 1. The number of carbonyl (C=O) groups excluding carboxylic acids is 2. The Balaban J connectivity index is 2.26. The van der Waals surface area contributed by atoms with E-state index in [-0.39, 0.29) is 11.9 Å². The number of nitrogens with one attached hydrogen (secondary N) is 1. The molecule has 0 radical (unpaired) electrons. The van der Waals surface area contributed by atoms with Crippen LogP contribution >= 0.6 is 0 Å². The standard InChI is InChI=1S/C16H22N2O3/c1-4-21-16(20)14-10-17-8-9-18(14)15(19)13-7-5-6-11(2)12(13)3/h5-7,14,17H,4,8-10H2,1-3H3. The molecule has 0 aliphatic carbocycles. The number of carbonyl (C=O) groups is 2. The number of hydrogen-bond donors (Lipinski definition) is 1. The highest BCUT2D eigenvalue weighted by Gasteiger charge is 2.34. The summed E-state index contributed by atoms with van der Waals surface area (Å²) < 4.78 is 5.08. The van der Waals surface area contributed by atoms with Crippen molar-refractivity contribution in [1.29, 1.82) is 0 Å². The van der Waals surface area contributed by atoms with E-state index in [1.54, 1.807) is 11.8 Å². The lowest BCUT2D eigenvalue weighted by Crippen LogP contribution is -2.57. The highest BCUT2D eigenvalue weighted by molar-refractivity contribution is 5.98. The van der Waals surface area contributed by atoms with Gasteiger partial charge in [-0.3, -0.25) is 4.79 Å². The third-order valence-electron chi connectivity index (χ3n) is 3.90. The molecule has 0 aromatic heterocycles. The van der Waals surface area contributed by atoms with Crippen LogP contribution < -0.4 is 5.32 Å². The van der Waals surface area contributed by atoms with Crippen molar-refractivity contribution in [2.24, 2.45) is 0 Å². The molecule has 1 aromatic carbocycles. The number of amides is 1. The van der Waals surface area contributed by atoms with Gasteiger partial charge in [0.25, 0.3) is 5.91 Å². The molecule has 1 atom stereocenters. The van der Waals surface area contributed by atoms with Gasteiger partial charge in [0.05, 0.1) is 6.61 Å². The van der Waals surface area contributed by atoms with Gasteiger partial charge in [-0.1, -0.05) is 12.1 Å². The van der Waals surface area contributed by atoms with Crippen molar-refractivity contribution in [2.45, 2.75) is 26.8 Å². The molecule has 1 aliphatic heterocycles. The first-order valence-corrected chi connectivity index (χ1v) is 7.30. The summed E-state index contributed by atoms with van der Waals surface area (Å²) in [7, 11) is 0. The fraction of sp³-hybridized carbons (Fsp3) is 0.500. The number of nitrogens with zero attached hydrogens (tertiary/aromatic N) is 1. The summed E-state index contributed by atoms with van der Waals surface area (Å²) in [5, 5.41) is 3.14. The summed E-state index contributed by atoms with van der Waals surface area (Å²) in [5.74, 6) is -0.445. The van der Waals surface area contributed by atoms with Crippen molar-refractivity contribution in [3.05, 3.63) is 34.9 Å². The SMILES string of the molecule is CCOC(=O)C1CNCCN1C(=O)c1cccc(C)c1C. The van der Waals surface area contributed by atoms with Crippen LogP contribution in [0.3, 0.4) is 0 Å². The minimum atomic E-state index is -0.550. The van der Waals surface area contributed by atoms with Crippen molar-refractivity contribution >= 4 is 11.9 Å². The van der Waals surface area contributed by atoms with Crippen LogP contribution in [0.25, 0.3) is 0 Å². The molecule has 114 valence electrons. The fourth-order valence-corrected chi connectivity index (χ4v) is 2.53. The van der Waals surface area contributed by atoms with E-state index >= 15 is 0 Å². The van der Waals surface area contributed by atoms with Gasteiger partial charge in [0.1, 0.15) is 6.04 Å². The summed E-state index contributed by atoms with van der Waals surface area (Å²) >= 11 is 0. The molecule has 1 aromatic rings. The number of rotatable bonds is 3. The third kappa shape index (κ3) is 3.24. The highest BCUT2D eigenvalue weighted by Crippen LogP contribution is 2.17. The monoisotopic (exact) mass is 290 g/mol. The molecule has 2 rings (SSSR count). The van der Waals surface area contributed by atoms with Crippen LogP contribution in [-0.4, -0.2) is 49.1 Å². The maximum absolute atomic E-state index is 12.8. The summed E-state index contributed by atoms with van der Waals surface area (Å²) in [5.41, 5.74) is 2.69. The second-order valence-electron chi connectivity index (χ2n) is 5.22. The maximum atomic E-state index is 12.8. The van der Waals surface area contributed by atoms with Gasteiger partial charge in [0.15, 0.2) is 0 Å². The molecule has 5 nitrogen and oxygen atoms in total. The maximum Gasteiger partial charge on any atom is 0.330 e. The average molecular weight is 290 g/mol. The Kier molecular flexibility index (Phi) is 4.96. The van der Waals surface area contributed by atoms with E-state index < -0.39 is 6.04 Å². The van der Waals surface area contributed by atoms with Gasteiger partial charge in [-0.15, -0.1) is 0 Å². The number of benzene rings is 1. The molecule has 1 saturated heterocycles. The molecule has 21 heavy (non-hydrogen) atoms. The van der Waals surface area contributed by atoms with Crippen LogP contribution in [0.1, 0.15) is 28.4 Å². The Hall–Kier alpha value is -1.88. The summed E-state index contributed by atoms with van der Waals surface area (Å²) in [6, 6.07) is 5.12. The Morgan fingerprint density at radius 2 is 2.14 bits per heavy atom. The smallest absolute Gasteiger partial charge is 0.330 e. The third-order valence-corrected chi connectivity index (χ3v) is 3.90. The van der Waals surface area contributed by atoms with Crippen molar-refractivity contribution < 1.29 is 14.3 Å². The number of piperazine rings is 1. The van der Waals surface area contributed by atoms with Gasteiger partial charge < -0.3 is 15.0 Å². The van der Waals surface area contributed by atoms with Crippen molar-refractivity contribution in [3.63, 3.8) is 0 Å². The lowest BCUT2D eigenvalue weighted by Gasteiger charge is -2.34. The molecule has 1 aliphatic rings. The lowest BCUT2D eigenvalue weighted by atomic mass is 10.0. The first-order chi connectivity index (χ1) is 10.1. The van der Waals surface area contributed by atoms with Crippen LogP contribution in [-0.2, 0) is 9.53 Å². The molecule has 5 heteroatoms. The molecular formula is C16H22N2O3. The Morgan fingerprint density at radius 1 is 1.38 bits per heavy atom. The first-order valence-electron chi connectivity index (χ1n) is 7.30. The Labute approximate surface area is 125 Å². The van der Waals surface area contributed by atoms with Crippen LogP contribution in [0, 0.1) is 13.8 Å². The van der Waals surface area contributed by atoms with Crippen molar-refractivity contribution in [1.82, 2.24) is 10.2 Å². The number of esters is 1. The zero-order valence-electron chi connectivity index (χ0n) is 12.8. The van der Waals surface area contributed by atoms with E-state index in [1.165, 1.54) is 0 Å². The molecule has 1 fully saturated rings. The topological polar surface area (TPSA) is 58.6 Å². The van der Waals surface area contributed by atoms with Gasteiger partial charge in [0, 0.05) is 25.2 Å². The van der Waals surface area contributed by atoms with Gasteiger partial charge in [-0.05, 0) is 38.0 Å². The predicted octanol–water partition coefficient (Wildman–Crippen LogP) is 1.28. The zero-order chi connectivity index (χ0) is 15.4. The molecular weight excluding hydrogens is 268 g/mol. The highest BCUT2D eigenvalue weighted by atomic mass is 16.5. The van der Waals surface area contributed by atoms with Crippen molar-refractivity contribution in [3.8, 4) is 0 Å². The van der Waals surface area contributed by atoms with E-state index in [0.29, 0.717) is 31.8 Å². The van der Waals surface area contributed by atoms with E-state index in [4.69, 9.17) is 4.74 Å². The predicted molar refractivity (Wildman–Crippen MR) is 80.2 cm³/mol. The average Bonchev–Trinajstić information content (AvgIpc) is 2.49. The lowest BCUT2D eigenvalue weighted by molar-refractivity contribution is -0.149. The molecule has 1 unspecified atom stereocenters. The summed E-state index contributed by atoms with van der Waals surface area (Å²) in [6.07, 6.45) is 0. The molecule has 1 N–H and O–H groups in total. The number of hydrogen-bond acceptors (Lipinski definition) is 4. The second kappa shape index (κ2) is 6.72. The van der Waals surface area contributed by atoms with Gasteiger partial charge in [0.2, 0.25) is 0 Å². The van der Waals surface area contributed by atoms with Gasteiger partial charge in [-0.25, -0.2) is 4.79 Å². The largest absolute Gasteiger partial charge is 0.464 e. The van der Waals surface area contributed by atoms with Crippen LogP contribution in [0.2, 0.25) is 0 Å². The van der Waals surface area contributed by atoms with Gasteiger partial charge in [-0.2, -0.15) is 0 Å². The van der Waals surface area contributed by atoms with Gasteiger partial charge >= 0.3 is 5.97 Å². The van der Waals surface area contributed by atoms with E-state index in [2.05, 4.69) is 5.32 Å². The summed E-state index contributed by atoms with van der Waals surface area (Å²) in [6.45, 7) is 7.64. The zero-order valence-corrected chi connectivity index (χ0v) is 12.8. The number of ether oxygens (including phenoxy) is 1. The molecule has 0 saturated carbocycles. The van der Waals surface area contributed by atoms with Crippen LogP contribution in [0.4, 0.5) is 0 Å². The Morgan fingerprint density at radius 3 is 2.86 bits per heavy atom. The minimum absolute atomic E-state index is 0.101. The van der Waals surface area contributed by atoms with Crippen molar-refractivity contribution in [2.75, 3.05) is 26.2 Å². The quantitative estimate of drug-likeness (QED) is 0.852. The minimum Gasteiger partial charge on any atom is -0.464 e. The molecule has 0 spiro atoms. The molecule has 1 heterocycles. The van der Waals surface area contributed by atoms with E-state index in [0.717, 1.165) is 11.1 Å².